The summed E-state index contributed by atoms with van der Waals surface area (Å²) in [6.07, 6.45) is 0.875. The molecule has 1 aliphatic heterocycles. The fourth-order valence-corrected chi connectivity index (χ4v) is 3.01. The topological polar surface area (TPSA) is 56.8 Å². The van der Waals surface area contributed by atoms with Gasteiger partial charge < -0.3 is 19.5 Å². The molecule has 0 saturated carbocycles. The number of benzene rings is 2. The molecule has 0 radical (unpaired) electrons. The van der Waals surface area contributed by atoms with Gasteiger partial charge in [0.25, 0.3) is 5.91 Å². The van der Waals surface area contributed by atoms with Crippen molar-refractivity contribution in [2.75, 3.05) is 27.4 Å². The Labute approximate surface area is 141 Å². The first-order valence-corrected chi connectivity index (χ1v) is 7.95. The molecule has 2 aromatic rings. The molecule has 0 fully saturated rings. The summed E-state index contributed by atoms with van der Waals surface area (Å²) in [5.41, 5.74) is 1.55. The Hall–Kier alpha value is -2.69. The number of nitrogens with one attached hydrogen (secondary N) is 1. The summed E-state index contributed by atoms with van der Waals surface area (Å²) in [5.74, 6) is 1.93. The van der Waals surface area contributed by atoms with Crippen molar-refractivity contribution < 1.29 is 19.0 Å². The van der Waals surface area contributed by atoms with E-state index in [0.29, 0.717) is 30.2 Å². The Balaban J connectivity index is 1.76. The standard InChI is InChI=1S/C19H21NO4/c1-22-16-8-5-9-17(23-2)18(16)19(21)20-12-13-10-11-24-15-7-4-3-6-14(13)15/h3-9,13H,10-12H2,1-2H3,(H,20,21). The maximum atomic E-state index is 12.7. The van der Waals surface area contributed by atoms with Crippen molar-refractivity contribution >= 4 is 5.91 Å². The quantitative estimate of drug-likeness (QED) is 0.917. The first kappa shape index (κ1) is 16.2. The van der Waals surface area contributed by atoms with Gasteiger partial charge in [-0.3, -0.25) is 4.79 Å². The lowest BCUT2D eigenvalue weighted by molar-refractivity contribution is 0.0942. The molecule has 2 aromatic carbocycles. The van der Waals surface area contributed by atoms with E-state index in [1.165, 1.54) is 0 Å². The molecule has 1 unspecified atom stereocenters. The van der Waals surface area contributed by atoms with Crippen molar-refractivity contribution in [2.24, 2.45) is 0 Å². The highest BCUT2D eigenvalue weighted by Crippen LogP contribution is 2.33. The molecule has 24 heavy (non-hydrogen) atoms. The van der Waals surface area contributed by atoms with Crippen LogP contribution in [0.5, 0.6) is 17.2 Å². The molecule has 1 amide bonds. The van der Waals surface area contributed by atoms with Gasteiger partial charge >= 0.3 is 0 Å². The van der Waals surface area contributed by atoms with Gasteiger partial charge in [-0.2, -0.15) is 0 Å². The molecule has 0 spiro atoms. The Morgan fingerprint density at radius 3 is 2.54 bits per heavy atom. The first-order chi connectivity index (χ1) is 11.7. The number of carbonyl (C=O) groups excluding carboxylic acids is 1. The summed E-state index contributed by atoms with van der Waals surface area (Å²) >= 11 is 0. The fraction of sp³-hybridized carbons (Fsp3) is 0.316. The summed E-state index contributed by atoms with van der Waals surface area (Å²) in [7, 11) is 3.08. The Kier molecular flexibility index (Phi) is 4.89. The molecule has 0 bridgehead atoms. The van der Waals surface area contributed by atoms with E-state index in [4.69, 9.17) is 14.2 Å². The molecule has 5 heteroatoms. The maximum absolute atomic E-state index is 12.7. The summed E-state index contributed by atoms with van der Waals surface area (Å²) in [6, 6.07) is 13.3. The van der Waals surface area contributed by atoms with E-state index >= 15 is 0 Å². The fourth-order valence-electron chi connectivity index (χ4n) is 3.01. The third-order valence-electron chi connectivity index (χ3n) is 4.25. The average Bonchev–Trinajstić information content (AvgIpc) is 2.65. The van der Waals surface area contributed by atoms with E-state index in [1.54, 1.807) is 32.4 Å². The van der Waals surface area contributed by atoms with Crippen molar-refractivity contribution in [1.29, 1.82) is 0 Å². The van der Waals surface area contributed by atoms with Crippen LogP contribution in [0, 0.1) is 0 Å². The third-order valence-corrected chi connectivity index (χ3v) is 4.25. The predicted octanol–water partition coefficient (Wildman–Crippen LogP) is 3.00. The number of fused-ring (bicyclic) bond motifs is 1. The van der Waals surface area contributed by atoms with Gasteiger partial charge in [0.2, 0.25) is 0 Å². The number of methoxy groups -OCH3 is 2. The van der Waals surface area contributed by atoms with Crippen LogP contribution in [0.15, 0.2) is 42.5 Å². The van der Waals surface area contributed by atoms with E-state index in [0.717, 1.165) is 17.7 Å². The van der Waals surface area contributed by atoms with Crippen LogP contribution < -0.4 is 19.5 Å². The molecule has 0 aliphatic carbocycles. The molecule has 0 aromatic heterocycles. The van der Waals surface area contributed by atoms with Crippen LogP contribution in [0.2, 0.25) is 0 Å². The number of para-hydroxylation sites is 1. The van der Waals surface area contributed by atoms with Crippen LogP contribution in [0.1, 0.15) is 28.3 Å². The molecule has 5 nitrogen and oxygen atoms in total. The molecular weight excluding hydrogens is 306 g/mol. The second-order valence-corrected chi connectivity index (χ2v) is 5.62. The molecule has 0 saturated heterocycles. The number of carbonyl (C=O) groups is 1. The van der Waals surface area contributed by atoms with Gasteiger partial charge in [0.15, 0.2) is 0 Å². The van der Waals surface area contributed by atoms with Gasteiger partial charge in [0, 0.05) is 12.5 Å². The van der Waals surface area contributed by atoms with Crippen LogP contribution in [-0.4, -0.2) is 33.3 Å². The van der Waals surface area contributed by atoms with Gasteiger partial charge in [-0.15, -0.1) is 0 Å². The summed E-state index contributed by atoms with van der Waals surface area (Å²) < 4.78 is 16.3. The van der Waals surface area contributed by atoms with Crippen LogP contribution in [0.3, 0.4) is 0 Å². The van der Waals surface area contributed by atoms with Gasteiger partial charge in [-0.1, -0.05) is 24.3 Å². The van der Waals surface area contributed by atoms with E-state index < -0.39 is 0 Å². The van der Waals surface area contributed by atoms with Crippen molar-refractivity contribution in [3.63, 3.8) is 0 Å². The van der Waals surface area contributed by atoms with Crippen LogP contribution >= 0.6 is 0 Å². The Morgan fingerprint density at radius 1 is 1.12 bits per heavy atom. The van der Waals surface area contributed by atoms with Crippen molar-refractivity contribution in [1.82, 2.24) is 5.32 Å². The zero-order chi connectivity index (χ0) is 16.9. The van der Waals surface area contributed by atoms with Gasteiger partial charge in [0.1, 0.15) is 22.8 Å². The zero-order valence-electron chi connectivity index (χ0n) is 13.9. The zero-order valence-corrected chi connectivity index (χ0v) is 13.9. The first-order valence-electron chi connectivity index (χ1n) is 7.95. The van der Waals surface area contributed by atoms with E-state index in [1.807, 2.05) is 18.2 Å². The van der Waals surface area contributed by atoms with E-state index in [2.05, 4.69) is 11.4 Å². The second-order valence-electron chi connectivity index (χ2n) is 5.62. The predicted molar refractivity (Wildman–Crippen MR) is 91.2 cm³/mol. The number of ether oxygens (including phenoxy) is 3. The van der Waals surface area contributed by atoms with E-state index in [9.17, 15) is 4.79 Å². The smallest absolute Gasteiger partial charge is 0.258 e. The van der Waals surface area contributed by atoms with Gasteiger partial charge in [-0.25, -0.2) is 0 Å². The number of hydrogen-bond acceptors (Lipinski definition) is 4. The lowest BCUT2D eigenvalue weighted by Gasteiger charge is -2.26. The monoisotopic (exact) mass is 327 g/mol. The van der Waals surface area contributed by atoms with Crippen molar-refractivity contribution in [3.05, 3.63) is 53.6 Å². The number of amides is 1. The summed E-state index contributed by atoms with van der Waals surface area (Å²) in [6.45, 7) is 1.20. The largest absolute Gasteiger partial charge is 0.496 e. The minimum absolute atomic E-state index is 0.201. The molecule has 3 rings (SSSR count). The highest BCUT2D eigenvalue weighted by Gasteiger charge is 2.23. The van der Waals surface area contributed by atoms with Crippen molar-refractivity contribution in [2.45, 2.75) is 12.3 Å². The SMILES string of the molecule is COc1cccc(OC)c1C(=O)NCC1CCOc2ccccc21. The summed E-state index contributed by atoms with van der Waals surface area (Å²) in [4.78, 5) is 12.7. The lowest BCUT2D eigenvalue weighted by atomic mass is 9.93. The van der Waals surface area contributed by atoms with Gasteiger partial charge in [-0.05, 0) is 30.2 Å². The Morgan fingerprint density at radius 2 is 1.83 bits per heavy atom. The third kappa shape index (κ3) is 3.15. The maximum Gasteiger partial charge on any atom is 0.258 e. The highest BCUT2D eigenvalue weighted by molar-refractivity contribution is 5.99. The second kappa shape index (κ2) is 7.25. The van der Waals surface area contributed by atoms with Crippen LogP contribution in [-0.2, 0) is 0 Å². The number of rotatable bonds is 5. The molecule has 1 heterocycles. The normalized spacial score (nSPS) is 15.8. The van der Waals surface area contributed by atoms with Crippen LogP contribution in [0.25, 0.3) is 0 Å². The molecule has 1 aliphatic rings. The van der Waals surface area contributed by atoms with Crippen molar-refractivity contribution in [3.8, 4) is 17.2 Å². The van der Waals surface area contributed by atoms with Crippen LogP contribution in [0.4, 0.5) is 0 Å². The highest BCUT2D eigenvalue weighted by atomic mass is 16.5. The Bertz CT molecular complexity index is 707. The van der Waals surface area contributed by atoms with E-state index in [-0.39, 0.29) is 11.8 Å². The minimum Gasteiger partial charge on any atom is -0.496 e. The summed E-state index contributed by atoms with van der Waals surface area (Å²) in [5, 5.41) is 3.00. The number of hydrogen-bond donors (Lipinski definition) is 1. The lowest BCUT2D eigenvalue weighted by Crippen LogP contribution is -2.31. The molecule has 1 N–H and O–H groups in total. The molecule has 126 valence electrons. The molecule has 1 atom stereocenters. The van der Waals surface area contributed by atoms with Gasteiger partial charge in [0.05, 0.1) is 20.8 Å². The average molecular weight is 327 g/mol. The minimum atomic E-state index is -0.201. The molecular formula is C19H21NO4.